The summed E-state index contributed by atoms with van der Waals surface area (Å²) in [5.74, 6) is -0.106. The molecule has 6 heteroatoms. The van der Waals surface area contributed by atoms with Gasteiger partial charge in [0, 0.05) is 12.6 Å². The molecule has 1 atom stereocenters. The lowest BCUT2D eigenvalue weighted by Gasteiger charge is -2.37. The van der Waals surface area contributed by atoms with Crippen LogP contribution < -0.4 is 4.31 Å². The summed E-state index contributed by atoms with van der Waals surface area (Å²) in [6.45, 7) is 8.81. The fraction of sp³-hybridized carbons (Fsp3) is 0.650. The topological polar surface area (TPSA) is 57.7 Å². The predicted octanol–water partition coefficient (Wildman–Crippen LogP) is 3.54. The third-order valence-corrected chi connectivity index (χ3v) is 6.21. The molecule has 2 rings (SSSR count). The standard InChI is InChI=1S/C20H32N2O3S/c1-6-16-11-9-10-14-21(16)19(23)15-22(26(5,24)25)18-13-8-7-12-17(18)20(2,3)4/h7-8,12-13,16H,6,9-11,14-15H2,1-5H3. The van der Waals surface area contributed by atoms with Crippen LogP contribution in [0.3, 0.4) is 0 Å². The lowest BCUT2D eigenvalue weighted by molar-refractivity contribution is -0.133. The number of anilines is 1. The van der Waals surface area contributed by atoms with Crippen LogP contribution in [0.4, 0.5) is 5.69 Å². The summed E-state index contributed by atoms with van der Waals surface area (Å²) in [5.41, 5.74) is 1.30. The summed E-state index contributed by atoms with van der Waals surface area (Å²) in [5, 5.41) is 0. The molecular formula is C20H32N2O3S. The van der Waals surface area contributed by atoms with Crippen LogP contribution in [0.1, 0.15) is 58.9 Å². The molecule has 1 unspecified atom stereocenters. The molecular weight excluding hydrogens is 348 g/mol. The van der Waals surface area contributed by atoms with Crippen LogP contribution in [0, 0.1) is 0 Å². The molecule has 1 fully saturated rings. The van der Waals surface area contributed by atoms with E-state index in [4.69, 9.17) is 0 Å². The van der Waals surface area contributed by atoms with Crippen molar-refractivity contribution in [2.75, 3.05) is 23.7 Å². The van der Waals surface area contributed by atoms with Gasteiger partial charge in [0.25, 0.3) is 0 Å². The van der Waals surface area contributed by atoms with E-state index in [2.05, 4.69) is 6.92 Å². The van der Waals surface area contributed by atoms with Gasteiger partial charge in [0.2, 0.25) is 15.9 Å². The second-order valence-electron chi connectivity index (χ2n) is 8.18. The zero-order chi connectivity index (χ0) is 19.5. The van der Waals surface area contributed by atoms with E-state index in [0.29, 0.717) is 5.69 Å². The number of amides is 1. The zero-order valence-corrected chi connectivity index (χ0v) is 17.5. The van der Waals surface area contributed by atoms with E-state index in [1.807, 2.05) is 43.9 Å². The number of benzene rings is 1. The van der Waals surface area contributed by atoms with E-state index in [1.54, 1.807) is 6.07 Å². The minimum absolute atomic E-state index is 0.106. The molecule has 1 amide bonds. The van der Waals surface area contributed by atoms with Crippen molar-refractivity contribution in [3.05, 3.63) is 29.8 Å². The number of piperidine rings is 1. The van der Waals surface area contributed by atoms with Crippen LogP contribution in [0.15, 0.2) is 24.3 Å². The molecule has 1 aliphatic rings. The van der Waals surface area contributed by atoms with Gasteiger partial charge in [-0.2, -0.15) is 0 Å². The molecule has 0 N–H and O–H groups in total. The normalized spacial score (nSPS) is 18.7. The van der Waals surface area contributed by atoms with Crippen molar-refractivity contribution in [2.24, 2.45) is 0 Å². The van der Waals surface area contributed by atoms with Crippen molar-refractivity contribution in [2.45, 2.75) is 64.8 Å². The van der Waals surface area contributed by atoms with Crippen LogP contribution in [-0.4, -0.2) is 44.6 Å². The largest absolute Gasteiger partial charge is 0.338 e. The number of nitrogens with zero attached hydrogens (tertiary/aromatic N) is 2. The summed E-state index contributed by atoms with van der Waals surface area (Å²) >= 11 is 0. The Morgan fingerprint density at radius 1 is 1.23 bits per heavy atom. The monoisotopic (exact) mass is 380 g/mol. The molecule has 5 nitrogen and oxygen atoms in total. The van der Waals surface area contributed by atoms with Crippen LogP contribution in [0.25, 0.3) is 0 Å². The molecule has 146 valence electrons. The second kappa shape index (κ2) is 7.99. The van der Waals surface area contributed by atoms with E-state index in [-0.39, 0.29) is 23.9 Å². The lowest BCUT2D eigenvalue weighted by Crippen LogP contribution is -2.49. The number of sulfonamides is 1. The van der Waals surface area contributed by atoms with Gasteiger partial charge in [-0.3, -0.25) is 9.10 Å². The molecule has 1 saturated heterocycles. The van der Waals surface area contributed by atoms with Crippen molar-refractivity contribution in [1.82, 2.24) is 4.90 Å². The van der Waals surface area contributed by atoms with Gasteiger partial charge in [-0.15, -0.1) is 0 Å². The average molecular weight is 381 g/mol. The number of hydrogen-bond acceptors (Lipinski definition) is 3. The second-order valence-corrected chi connectivity index (χ2v) is 10.1. The maximum atomic E-state index is 13.0. The number of carbonyl (C=O) groups is 1. The van der Waals surface area contributed by atoms with E-state index >= 15 is 0 Å². The smallest absolute Gasteiger partial charge is 0.243 e. The van der Waals surface area contributed by atoms with Gasteiger partial charge < -0.3 is 4.90 Å². The van der Waals surface area contributed by atoms with Gasteiger partial charge in [-0.1, -0.05) is 45.9 Å². The minimum Gasteiger partial charge on any atom is -0.338 e. The Balaban J connectivity index is 2.37. The summed E-state index contributed by atoms with van der Waals surface area (Å²) in [7, 11) is -3.57. The van der Waals surface area contributed by atoms with Gasteiger partial charge in [-0.05, 0) is 42.7 Å². The zero-order valence-electron chi connectivity index (χ0n) is 16.7. The van der Waals surface area contributed by atoms with E-state index < -0.39 is 10.0 Å². The number of likely N-dealkylation sites (tertiary alicyclic amines) is 1. The van der Waals surface area contributed by atoms with Gasteiger partial charge in [0.1, 0.15) is 6.54 Å². The predicted molar refractivity (Wildman–Crippen MR) is 107 cm³/mol. The molecule has 1 aliphatic heterocycles. The Kier molecular flexibility index (Phi) is 6.37. The van der Waals surface area contributed by atoms with Crippen molar-refractivity contribution in [1.29, 1.82) is 0 Å². The fourth-order valence-electron chi connectivity index (χ4n) is 3.67. The Morgan fingerprint density at radius 3 is 2.46 bits per heavy atom. The molecule has 0 spiro atoms. The highest BCUT2D eigenvalue weighted by atomic mass is 32.2. The molecule has 0 radical (unpaired) electrons. The summed E-state index contributed by atoms with van der Waals surface area (Å²) in [6.07, 6.45) is 5.20. The number of hydrogen-bond donors (Lipinski definition) is 0. The Morgan fingerprint density at radius 2 is 1.88 bits per heavy atom. The third kappa shape index (κ3) is 4.78. The molecule has 26 heavy (non-hydrogen) atoms. The number of rotatable bonds is 5. The highest BCUT2D eigenvalue weighted by molar-refractivity contribution is 7.92. The molecule has 0 saturated carbocycles. The average Bonchev–Trinajstić information content (AvgIpc) is 2.57. The minimum atomic E-state index is -3.57. The number of para-hydroxylation sites is 1. The van der Waals surface area contributed by atoms with Crippen LogP contribution in [0.2, 0.25) is 0 Å². The first-order valence-corrected chi connectivity index (χ1v) is 11.3. The van der Waals surface area contributed by atoms with Crippen LogP contribution in [-0.2, 0) is 20.2 Å². The quantitative estimate of drug-likeness (QED) is 0.785. The van der Waals surface area contributed by atoms with Crippen LogP contribution >= 0.6 is 0 Å². The molecule has 1 aromatic carbocycles. The highest BCUT2D eigenvalue weighted by Gasteiger charge is 2.31. The lowest BCUT2D eigenvalue weighted by atomic mass is 9.86. The highest BCUT2D eigenvalue weighted by Crippen LogP contribution is 2.33. The van der Waals surface area contributed by atoms with Crippen molar-refractivity contribution < 1.29 is 13.2 Å². The first-order valence-electron chi connectivity index (χ1n) is 9.42. The summed E-state index contributed by atoms with van der Waals surface area (Å²) < 4.78 is 26.3. The van der Waals surface area contributed by atoms with E-state index in [0.717, 1.165) is 37.8 Å². The molecule has 1 aromatic rings. The first kappa shape index (κ1) is 20.7. The van der Waals surface area contributed by atoms with Gasteiger partial charge in [-0.25, -0.2) is 8.42 Å². The van der Waals surface area contributed by atoms with E-state index in [9.17, 15) is 13.2 Å². The maximum absolute atomic E-state index is 13.0. The summed E-state index contributed by atoms with van der Waals surface area (Å²) in [6, 6.07) is 7.68. The van der Waals surface area contributed by atoms with Crippen molar-refractivity contribution in [3.63, 3.8) is 0 Å². The SMILES string of the molecule is CCC1CCCCN1C(=O)CN(c1ccccc1C(C)(C)C)S(C)(=O)=O. The van der Waals surface area contributed by atoms with Crippen LogP contribution in [0.5, 0.6) is 0 Å². The Bertz CT molecular complexity index is 738. The first-order chi connectivity index (χ1) is 12.1. The number of carbonyl (C=O) groups excluding carboxylic acids is 1. The Hall–Kier alpha value is -1.56. The molecule has 1 heterocycles. The molecule has 0 bridgehead atoms. The van der Waals surface area contributed by atoms with Gasteiger partial charge in [0.15, 0.2) is 0 Å². The fourth-order valence-corrected chi connectivity index (χ4v) is 4.53. The third-order valence-electron chi connectivity index (χ3n) is 5.08. The van der Waals surface area contributed by atoms with Crippen molar-refractivity contribution >= 4 is 21.6 Å². The van der Waals surface area contributed by atoms with Crippen molar-refractivity contribution in [3.8, 4) is 0 Å². The maximum Gasteiger partial charge on any atom is 0.243 e. The molecule has 0 aromatic heterocycles. The van der Waals surface area contributed by atoms with E-state index in [1.165, 1.54) is 10.6 Å². The molecule has 0 aliphatic carbocycles. The summed E-state index contributed by atoms with van der Waals surface area (Å²) in [4.78, 5) is 14.9. The van der Waals surface area contributed by atoms with Gasteiger partial charge in [0.05, 0.1) is 11.9 Å². The Labute approximate surface area is 158 Å². The van der Waals surface area contributed by atoms with Gasteiger partial charge >= 0.3 is 0 Å².